The Hall–Kier alpha value is -3.03. The van der Waals surface area contributed by atoms with Gasteiger partial charge in [0.25, 0.3) is 5.91 Å². The highest BCUT2D eigenvalue weighted by Gasteiger charge is 2.31. The van der Waals surface area contributed by atoms with Crippen LogP contribution in [0.25, 0.3) is 16.9 Å². The number of hydrogen-bond donors (Lipinski definition) is 1. The first-order valence-electron chi connectivity index (χ1n) is 7.87. The van der Waals surface area contributed by atoms with Crippen molar-refractivity contribution in [1.82, 2.24) is 14.7 Å². The highest BCUT2D eigenvalue weighted by Crippen LogP contribution is 2.26. The Labute approximate surface area is 147 Å². The van der Waals surface area contributed by atoms with Gasteiger partial charge in [-0.1, -0.05) is 0 Å². The summed E-state index contributed by atoms with van der Waals surface area (Å²) in [6.07, 6.45) is -1.36. The molecule has 26 heavy (non-hydrogen) atoms. The summed E-state index contributed by atoms with van der Waals surface area (Å²) in [5, 5.41) is 2.81. The lowest BCUT2D eigenvalue weighted by atomic mass is 10.2. The molecular formula is C18H16F3N3O2. The maximum atomic E-state index is 12.2. The van der Waals surface area contributed by atoms with E-state index in [4.69, 9.17) is 0 Å². The van der Waals surface area contributed by atoms with E-state index in [-0.39, 0.29) is 17.7 Å². The standard InChI is InChI=1S/C18H16F3N3O2/c1-11(2)22-17(25)13-5-8-16-23-15(10-24(16)9-13)12-3-6-14(7-4-12)26-18(19,20)21/h3-11H,1-2H3,(H,22,25). The quantitative estimate of drug-likeness (QED) is 0.761. The third-order valence-corrected chi connectivity index (χ3v) is 3.52. The van der Waals surface area contributed by atoms with Crippen LogP contribution >= 0.6 is 0 Å². The molecule has 0 aliphatic rings. The number of nitrogens with one attached hydrogen (secondary N) is 1. The van der Waals surface area contributed by atoms with Crippen molar-refractivity contribution < 1.29 is 22.7 Å². The Bertz CT molecular complexity index is 931. The third-order valence-electron chi connectivity index (χ3n) is 3.52. The lowest BCUT2D eigenvalue weighted by molar-refractivity contribution is -0.274. The number of nitrogens with zero attached hydrogens (tertiary/aromatic N) is 2. The van der Waals surface area contributed by atoms with E-state index < -0.39 is 6.36 Å². The van der Waals surface area contributed by atoms with E-state index in [1.54, 1.807) is 28.9 Å². The Kier molecular flexibility index (Phi) is 4.58. The molecule has 1 aromatic carbocycles. The first-order valence-corrected chi connectivity index (χ1v) is 7.87. The van der Waals surface area contributed by atoms with E-state index in [0.29, 0.717) is 22.5 Å². The fraction of sp³-hybridized carbons (Fsp3) is 0.222. The van der Waals surface area contributed by atoms with Crippen LogP contribution in [0.15, 0.2) is 48.8 Å². The largest absolute Gasteiger partial charge is 0.573 e. The van der Waals surface area contributed by atoms with E-state index in [1.807, 2.05) is 13.8 Å². The lowest BCUT2D eigenvalue weighted by Crippen LogP contribution is -2.30. The molecular weight excluding hydrogens is 347 g/mol. The highest BCUT2D eigenvalue weighted by atomic mass is 19.4. The van der Waals surface area contributed by atoms with Crippen molar-refractivity contribution >= 4 is 11.6 Å². The zero-order valence-corrected chi connectivity index (χ0v) is 14.0. The molecule has 0 radical (unpaired) electrons. The van der Waals surface area contributed by atoms with Gasteiger partial charge in [-0.05, 0) is 50.2 Å². The van der Waals surface area contributed by atoms with Crippen LogP contribution in [-0.2, 0) is 0 Å². The van der Waals surface area contributed by atoms with Crippen LogP contribution < -0.4 is 10.1 Å². The minimum atomic E-state index is -4.72. The molecule has 0 saturated heterocycles. The maximum Gasteiger partial charge on any atom is 0.573 e. The number of fused-ring (bicyclic) bond motifs is 1. The molecule has 2 heterocycles. The van der Waals surface area contributed by atoms with Crippen molar-refractivity contribution in [2.24, 2.45) is 0 Å². The molecule has 3 aromatic rings. The van der Waals surface area contributed by atoms with Gasteiger partial charge >= 0.3 is 6.36 Å². The zero-order chi connectivity index (χ0) is 18.9. The molecule has 0 spiro atoms. The SMILES string of the molecule is CC(C)NC(=O)c1ccc2nc(-c3ccc(OC(F)(F)F)cc3)cn2c1. The summed E-state index contributed by atoms with van der Waals surface area (Å²) in [4.78, 5) is 16.5. The van der Waals surface area contributed by atoms with Gasteiger partial charge in [-0.15, -0.1) is 13.2 Å². The third kappa shape index (κ3) is 4.14. The van der Waals surface area contributed by atoms with Gasteiger partial charge in [0.05, 0.1) is 11.3 Å². The fourth-order valence-corrected chi connectivity index (χ4v) is 2.44. The molecule has 0 atom stereocenters. The van der Waals surface area contributed by atoms with Gasteiger partial charge in [-0.25, -0.2) is 4.98 Å². The summed E-state index contributed by atoms with van der Waals surface area (Å²) < 4.78 is 42.2. The molecule has 0 aliphatic carbocycles. The summed E-state index contributed by atoms with van der Waals surface area (Å²) in [5.74, 6) is -0.483. The number of ether oxygens (including phenoxy) is 1. The van der Waals surface area contributed by atoms with Crippen molar-refractivity contribution in [3.8, 4) is 17.0 Å². The van der Waals surface area contributed by atoms with Crippen LogP contribution in [0.2, 0.25) is 0 Å². The Morgan fingerprint density at radius 2 is 1.81 bits per heavy atom. The summed E-state index contributed by atoms with van der Waals surface area (Å²) in [6.45, 7) is 3.75. The van der Waals surface area contributed by atoms with Crippen LogP contribution in [0.3, 0.4) is 0 Å². The van der Waals surface area contributed by atoms with Crippen molar-refractivity contribution in [3.05, 3.63) is 54.4 Å². The number of halogens is 3. The van der Waals surface area contributed by atoms with Crippen LogP contribution in [0.4, 0.5) is 13.2 Å². The number of pyridine rings is 1. The smallest absolute Gasteiger partial charge is 0.406 e. The minimum absolute atomic E-state index is 0.0222. The predicted octanol–water partition coefficient (Wildman–Crippen LogP) is 4.04. The zero-order valence-electron chi connectivity index (χ0n) is 14.0. The predicted molar refractivity (Wildman–Crippen MR) is 89.9 cm³/mol. The molecule has 2 aromatic heterocycles. The van der Waals surface area contributed by atoms with E-state index in [1.165, 1.54) is 24.3 Å². The van der Waals surface area contributed by atoms with E-state index >= 15 is 0 Å². The summed E-state index contributed by atoms with van der Waals surface area (Å²) in [7, 11) is 0. The van der Waals surface area contributed by atoms with E-state index in [9.17, 15) is 18.0 Å². The lowest BCUT2D eigenvalue weighted by Gasteiger charge is -2.08. The normalized spacial score (nSPS) is 11.8. The molecule has 0 aliphatic heterocycles. The monoisotopic (exact) mass is 363 g/mol. The molecule has 5 nitrogen and oxygen atoms in total. The Morgan fingerprint density at radius 3 is 2.42 bits per heavy atom. The molecule has 0 unspecified atom stereocenters. The van der Waals surface area contributed by atoms with Gasteiger partial charge in [0.1, 0.15) is 11.4 Å². The molecule has 0 saturated carbocycles. The van der Waals surface area contributed by atoms with Crippen LogP contribution in [0, 0.1) is 0 Å². The molecule has 1 N–H and O–H groups in total. The van der Waals surface area contributed by atoms with Gasteiger partial charge in [-0.2, -0.15) is 0 Å². The highest BCUT2D eigenvalue weighted by molar-refractivity contribution is 5.94. The average Bonchev–Trinajstić information content (AvgIpc) is 2.96. The van der Waals surface area contributed by atoms with Gasteiger partial charge in [0.2, 0.25) is 0 Å². The maximum absolute atomic E-state index is 12.2. The van der Waals surface area contributed by atoms with Crippen LogP contribution in [0.1, 0.15) is 24.2 Å². The number of hydrogen-bond acceptors (Lipinski definition) is 3. The van der Waals surface area contributed by atoms with Crippen molar-refractivity contribution in [3.63, 3.8) is 0 Å². The molecule has 0 fully saturated rings. The number of carbonyl (C=O) groups excluding carboxylic acids is 1. The number of amides is 1. The molecule has 1 amide bonds. The fourth-order valence-electron chi connectivity index (χ4n) is 2.44. The average molecular weight is 363 g/mol. The number of aromatic nitrogens is 2. The van der Waals surface area contributed by atoms with E-state index in [0.717, 1.165) is 0 Å². The Balaban J connectivity index is 1.86. The summed E-state index contributed by atoms with van der Waals surface area (Å²) in [5.41, 5.74) is 2.32. The molecule has 136 valence electrons. The van der Waals surface area contributed by atoms with Gasteiger partial charge in [0, 0.05) is 24.0 Å². The first kappa shape index (κ1) is 17.8. The molecule has 8 heteroatoms. The van der Waals surface area contributed by atoms with Crippen LogP contribution in [0.5, 0.6) is 5.75 Å². The summed E-state index contributed by atoms with van der Waals surface area (Å²) in [6, 6.07) is 8.85. The van der Waals surface area contributed by atoms with Crippen LogP contribution in [-0.4, -0.2) is 27.7 Å². The molecule has 0 bridgehead atoms. The minimum Gasteiger partial charge on any atom is -0.406 e. The summed E-state index contributed by atoms with van der Waals surface area (Å²) >= 11 is 0. The number of imidazole rings is 1. The number of carbonyl (C=O) groups is 1. The second kappa shape index (κ2) is 6.70. The number of benzene rings is 1. The number of alkyl halides is 3. The van der Waals surface area contributed by atoms with Gasteiger partial charge in [-0.3, -0.25) is 4.79 Å². The van der Waals surface area contributed by atoms with E-state index in [2.05, 4.69) is 15.0 Å². The second-order valence-corrected chi connectivity index (χ2v) is 6.01. The van der Waals surface area contributed by atoms with Gasteiger partial charge < -0.3 is 14.5 Å². The van der Waals surface area contributed by atoms with Crippen molar-refractivity contribution in [2.75, 3.05) is 0 Å². The number of rotatable bonds is 4. The first-order chi connectivity index (χ1) is 12.2. The van der Waals surface area contributed by atoms with Gasteiger partial charge in [0.15, 0.2) is 0 Å². The molecule has 3 rings (SSSR count). The Morgan fingerprint density at radius 1 is 1.12 bits per heavy atom. The second-order valence-electron chi connectivity index (χ2n) is 6.01. The van der Waals surface area contributed by atoms with Crippen molar-refractivity contribution in [2.45, 2.75) is 26.3 Å². The topological polar surface area (TPSA) is 55.6 Å². The van der Waals surface area contributed by atoms with Crippen molar-refractivity contribution in [1.29, 1.82) is 0 Å².